The van der Waals surface area contributed by atoms with Gasteiger partial charge in [0.1, 0.15) is 29.9 Å². The Labute approximate surface area is 201 Å². The molecule has 2 atom stereocenters. The van der Waals surface area contributed by atoms with E-state index in [2.05, 4.69) is 30.0 Å². The summed E-state index contributed by atoms with van der Waals surface area (Å²) in [6, 6.07) is -0.978. The first kappa shape index (κ1) is 25.3. The average Bonchev–Trinajstić information content (AvgIpc) is 3.25. The molecule has 34 heavy (non-hydrogen) atoms. The highest BCUT2D eigenvalue weighted by atomic mass is 32.2. The van der Waals surface area contributed by atoms with Gasteiger partial charge in [-0.1, -0.05) is 5.16 Å². The standard InChI is InChI=1S/C18H21N5O9S2/c1-4-30-18(27)32-31-16(26)12-8(5-28-2)6-33-15-11(14(25)23(12)15)21-13(24)10(22-29-3)9-7-34-17(19)20-9/h7,11,15H,4-6H2,1-3H3,(H2,19,20)(H,21,24)/b22-10-/t11?,15-/m1/s1. The zero-order valence-corrected chi connectivity index (χ0v) is 19.9. The number of thioether (sulfide) groups is 1. The van der Waals surface area contributed by atoms with Crippen LogP contribution in [0, 0.1) is 0 Å². The summed E-state index contributed by atoms with van der Waals surface area (Å²) in [4.78, 5) is 68.5. The quantitative estimate of drug-likeness (QED) is 0.156. The molecule has 1 fully saturated rings. The molecule has 0 aromatic carbocycles. The van der Waals surface area contributed by atoms with Crippen LogP contribution in [0.3, 0.4) is 0 Å². The number of nitrogens with two attached hydrogens (primary N) is 1. The second-order valence-electron chi connectivity index (χ2n) is 6.58. The lowest BCUT2D eigenvalue weighted by atomic mass is 10.0. The monoisotopic (exact) mass is 515 g/mol. The maximum Gasteiger partial charge on any atom is 0.549 e. The first-order chi connectivity index (χ1) is 16.3. The molecule has 0 radical (unpaired) electrons. The maximum absolute atomic E-state index is 12.9. The summed E-state index contributed by atoms with van der Waals surface area (Å²) >= 11 is 2.41. The van der Waals surface area contributed by atoms with Crippen molar-refractivity contribution in [1.29, 1.82) is 0 Å². The molecule has 0 spiro atoms. The number of β-lactam (4-membered cyclic amide) rings is 1. The molecule has 0 aliphatic carbocycles. The van der Waals surface area contributed by atoms with Crippen LogP contribution in [-0.2, 0) is 38.5 Å². The third-order valence-electron chi connectivity index (χ3n) is 4.46. The summed E-state index contributed by atoms with van der Waals surface area (Å²) in [5.74, 6) is -2.09. The van der Waals surface area contributed by atoms with Gasteiger partial charge in [0, 0.05) is 18.2 Å². The second-order valence-corrected chi connectivity index (χ2v) is 8.57. The van der Waals surface area contributed by atoms with Gasteiger partial charge in [-0.05, 0) is 12.5 Å². The van der Waals surface area contributed by atoms with Crippen LogP contribution in [0.5, 0.6) is 0 Å². The lowest BCUT2D eigenvalue weighted by Crippen LogP contribution is -2.71. The Morgan fingerprint density at radius 1 is 1.32 bits per heavy atom. The first-order valence-corrected chi connectivity index (χ1v) is 11.6. The van der Waals surface area contributed by atoms with E-state index in [0.717, 1.165) is 16.2 Å². The fourth-order valence-corrected chi connectivity index (χ4v) is 4.99. The van der Waals surface area contributed by atoms with Gasteiger partial charge < -0.3 is 25.4 Å². The molecule has 184 valence electrons. The van der Waals surface area contributed by atoms with E-state index in [1.807, 2.05) is 0 Å². The van der Waals surface area contributed by atoms with Gasteiger partial charge in [-0.15, -0.1) is 23.1 Å². The van der Waals surface area contributed by atoms with Crippen molar-refractivity contribution >= 4 is 57.9 Å². The van der Waals surface area contributed by atoms with Gasteiger partial charge in [0.2, 0.25) is 0 Å². The van der Waals surface area contributed by atoms with Gasteiger partial charge in [-0.2, -0.15) is 4.79 Å². The van der Waals surface area contributed by atoms with Gasteiger partial charge in [-0.25, -0.2) is 19.6 Å². The number of methoxy groups -OCH3 is 1. The predicted molar refractivity (Wildman–Crippen MR) is 118 cm³/mol. The molecular formula is C18H21N5O9S2. The third kappa shape index (κ3) is 5.23. The molecule has 0 bridgehead atoms. The molecule has 1 aromatic rings. The lowest BCUT2D eigenvalue weighted by molar-refractivity contribution is -0.241. The van der Waals surface area contributed by atoms with Gasteiger partial charge in [0.25, 0.3) is 11.8 Å². The molecule has 2 amide bonds. The van der Waals surface area contributed by atoms with E-state index in [0.29, 0.717) is 11.3 Å². The summed E-state index contributed by atoms with van der Waals surface area (Å²) in [5.41, 5.74) is 5.95. The van der Waals surface area contributed by atoms with Crippen molar-refractivity contribution in [2.24, 2.45) is 5.16 Å². The highest BCUT2D eigenvalue weighted by Crippen LogP contribution is 2.40. The zero-order valence-electron chi connectivity index (χ0n) is 18.3. The minimum atomic E-state index is -1.21. The number of fused-ring (bicyclic) bond motifs is 1. The Morgan fingerprint density at radius 2 is 2.09 bits per heavy atom. The number of nitrogens with zero attached hydrogens (tertiary/aromatic N) is 3. The maximum atomic E-state index is 12.9. The molecule has 3 heterocycles. The summed E-state index contributed by atoms with van der Waals surface area (Å²) in [7, 11) is 2.68. The van der Waals surface area contributed by atoms with Crippen molar-refractivity contribution < 1.29 is 43.3 Å². The summed E-state index contributed by atoms with van der Waals surface area (Å²) in [6.45, 7) is 1.59. The van der Waals surface area contributed by atoms with Crippen LogP contribution in [0.15, 0.2) is 21.8 Å². The van der Waals surface area contributed by atoms with Crippen molar-refractivity contribution in [3.63, 3.8) is 0 Å². The molecule has 1 aromatic heterocycles. The number of hydrogen-bond donors (Lipinski definition) is 2. The smallest absolute Gasteiger partial charge is 0.432 e. The van der Waals surface area contributed by atoms with E-state index < -0.39 is 35.4 Å². The average molecular weight is 516 g/mol. The van der Waals surface area contributed by atoms with Crippen molar-refractivity contribution in [1.82, 2.24) is 15.2 Å². The topological polar surface area (TPSA) is 181 Å². The molecule has 1 saturated heterocycles. The Bertz CT molecular complexity index is 1040. The number of amides is 2. The molecular weight excluding hydrogens is 494 g/mol. The summed E-state index contributed by atoms with van der Waals surface area (Å²) < 4.78 is 9.64. The van der Waals surface area contributed by atoms with Gasteiger partial charge in [0.15, 0.2) is 10.8 Å². The lowest BCUT2D eigenvalue weighted by Gasteiger charge is -2.49. The van der Waals surface area contributed by atoms with Crippen LogP contribution in [0.25, 0.3) is 0 Å². The van der Waals surface area contributed by atoms with Crippen molar-refractivity contribution in [2.45, 2.75) is 18.3 Å². The Balaban J connectivity index is 1.75. The molecule has 0 saturated carbocycles. The molecule has 2 aliphatic heterocycles. The van der Waals surface area contributed by atoms with Gasteiger partial charge in [-0.3, -0.25) is 14.5 Å². The number of nitrogens with one attached hydrogen (secondary N) is 1. The molecule has 2 aliphatic rings. The molecule has 14 nitrogen and oxygen atoms in total. The van der Waals surface area contributed by atoms with Crippen LogP contribution in [0.4, 0.5) is 9.93 Å². The Hall–Kier alpha value is -3.37. The van der Waals surface area contributed by atoms with E-state index in [4.69, 9.17) is 15.3 Å². The van der Waals surface area contributed by atoms with Gasteiger partial charge >= 0.3 is 12.1 Å². The van der Waals surface area contributed by atoms with Crippen LogP contribution in [-0.4, -0.2) is 84.1 Å². The number of carbonyl (C=O) groups excluding carboxylic acids is 4. The molecule has 3 N–H and O–H groups in total. The molecule has 16 heteroatoms. The number of oxime groups is 1. The minimum Gasteiger partial charge on any atom is -0.432 e. The second kappa shape index (κ2) is 11.2. The number of ether oxygens (including phenoxy) is 2. The number of carbonyl (C=O) groups is 4. The number of hydrogen-bond acceptors (Lipinski definition) is 14. The SMILES string of the molecule is CCOC(=O)OOC(=O)C1=C(COC)CS[C@@H]2C(NC(=O)/C(=N\OC)c3csc(N)n3)C(=O)N12. The Morgan fingerprint density at radius 3 is 2.71 bits per heavy atom. The fraction of sp³-hybridized carbons (Fsp3) is 0.444. The number of thiazole rings is 1. The molecule has 3 rings (SSSR count). The largest absolute Gasteiger partial charge is 0.549 e. The van der Waals surface area contributed by atoms with Crippen LogP contribution in [0.2, 0.25) is 0 Å². The van der Waals surface area contributed by atoms with E-state index in [1.54, 1.807) is 6.92 Å². The fourth-order valence-electron chi connectivity index (χ4n) is 3.11. The highest BCUT2D eigenvalue weighted by Gasteiger charge is 2.55. The number of nitrogen functional groups attached to an aromatic ring is 1. The Kier molecular flexibility index (Phi) is 8.30. The van der Waals surface area contributed by atoms with E-state index in [9.17, 15) is 19.2 Å². The van der Waals surface area contributed by atoms with E-state index >= 15 is 0 Å². The number of rotatable bonds is 8. The van der Waals surface area contributed by atoms with Crippen LogP contribution in [0.1, 0.15) is 12.6 Å². The van der Waals surface area contributed by atoms with E-state index in [1.165, 1.54) is 31.4 Å². The number of aromatic nitrogens is 1. The van der Waals surface area contributed by atoms with Crippen molar-refractivity contribution in [3.8, 4) is 0 Å². The normalized spacial score (nSPS) is 19.7. The van der Waals surface area contributed by atoms with E-state index in [-0.39, 0.29) is 35.4 Å². The summed E-state index contributed by atoms with van der Waals surface area (Å²) in [5, 5.41) is 7.38. The van der Waals surface area contributed by atoms with Crippen molar-refractivity contribution in [3.05, 3.63) is 22.3 Å². The first-order valence-electron chi connectivity index (χ1n) is 9.66. The third-order valence-corrected chi connectivity index (χ3v) is 6.47. The number of anilines is 1. The molecule has 1 unspecified atom stereocenters. The summed E-state index contributed by atoms with van der Waals surface area (Å²) in [6.07, 6.45) is -1.21. The zero-order chi connectivity index (χ0) is 24.8. The van der Waals surface area contributed by atoms with Crippen LogP contribution < -0.4 is 11.1 Å². The predicted octanol–water partition coefficient (Wildman–Crippen LogP) is 0.00750. The van der Waals surface area contributed by atoms with Crippen LogP contribution >= 0.6 is 23.1 Å². The van der Waals surface area contributed by atoms with Crippen molar-refractivity contribution in [2.75, 3.05) is 38.9 Å². The van der Waals surface area contributed by atoms with Gasteiger partial charge in [0.05, 0.1) is 13.2 Å². The minimum absolute atomic E-state index is 0.0144. The highest BCUT2D eigenvalue weighted by molar-refractivity contribution is 8.00.